The molecule has 1 N–H and O–H groups in total. The van der Waals surface area contributed by atoms with Crippen molar-refractivity contribution in [2.45, 2.75) is 289 Å². The molecule has 0 aromatic rings. The Balaban J connectivity index is 2.29. The maximum atomic E-state index is 12.9. The Morgan fingerprint density at radius 2 is 0.862 bits per heavy atom. The second-order valence-corrected chi connectivity index (χ2v) is 20.0. The van der Waals surface area contributed by atoms with E-state index in [1.165, 1.54) is 186 Å². The minimum Gasteiger partial charge on any atom is -0.462 e. The fourth-order valence-electron chi connectivity index (χ4n) is 8.04. The molecule has 0 radical (unpaired) electrons. The van der Waals surface area contributed by atoms with Gasteiger partial charge in [0.25, 0.3) is 0 Å². The fourth-order valence-corrected chi connectivity index (χ4v) is 8.94. The zero-order valence-corrected chi connectivity index (χ0v) is 40.5. The van der Waals surface area contributed by atoms with Crippen molar-refractivity contribution in [2.24, 2.45) is 0 Å². The van der Waals surface area contributed by atoms with Gasteiger partial charge in [-0.25, -0.2) is 0 Å². The van der Waals surface area contributed by atoms with Crippen LogP contribution in [-0.2, 0) is 19.1 Å². The molecule has 1 fully saturated rings. The molecule has 1 aliphatic rings. The number of nitrogens with zero attached hydrogens (tertiary/aromatic N) is 1. The lowest BCUT2D eigenvalue weighted by Crippen LogP contribution is -2.29. The minimum atomic E-state index is 0.0117. The summed E-state index contributed by atoms with van der Waals surface area (Å²) in [6.45, 7) is 15.9. The molecular formula is C51H100N2O4S. The van der Waals surface area contributed by atoms with E-state index >= 15 is 0 Å². The minimum absolute atomic E-state index is 0.0117. The molecule has 58 heavy (non-hydrogen) atoms. The molecule has 344 valence electrons. The first-order valence-corrected chi connectivity index (χ1v) is 26.7. The standard InChI is InChI=1S/C51H100N2O4S/c1-6-10-13-16-21-28-36-47(9-4)56-49(54)39-31-24-19-26-33-44-53(46-35-43-52-58-51(5)41-42-51)45-34-27-20-25-32-40-50(55)57-48(37-29-22-17-14-11-7-2)38-30-23-18-15-12-8-3/h47-48,52H,6-46H2,1-5H3. The lowest BCUT2D eigenvalue weighted by Gasteiger charge is -2.22. The number of carbonyl (C=O) groups is 2. The second-order valence-electron chi connectivity index (χ2n) is 18.5. The number of carbonyl (C=O) groups excluding carboxylic acids is 2. The number of hydrogen-bond acceptors (Lipinski definition) is 7. The Labute approximate surface area is 366 Å². The largest absolute Gasteiger partial charge is 0.462 e. The van der Waals surface area contributed by atoms with E-state index in [1.807, 2.05) is 11.9 Å². The lowest BCUT2D eigenvalue weighted by atomic mass is 10.0. The third-order valence-corrected chi connectivity index (χ3v) is 13.7. The van der Waals surface area contributed by atoms with Crippen LogP contribution in [0.4, 0.5) is 0 Å². The van der Waals surface area contributed by atoms with E-state index in [2.05, 4.69) is 44.2 Å². The molecule has 0 aromatic heterocycles. The number of unbranched alkanes of at least 4 members (excludes halogenated alkanes) is 23. The summed E-state index contributed by atoms with van der Waals surface area (Å²) in [6, 6.07) is 0. The van der Waals surface area contributed by atoms with Crippen molar-refractivity contribution in [2.75, 3.05) is 26.2 Å². The van der Waals surface area contributed by atoms with Gasteiger partial charge in [0.1, 0.15) is 12.2 Å². The number of rotatable bonds is 46. The molecule has 1 aliphatic carbocycles. The lowest BCUT2D eigenvalue weighted by molar-refractivity contribution is -0.150. The zero-order chi connectivity index (χ0) is 42.2. The molecule has 1 saturated carbocycles. The molecule has 0 aliphatic heterocycles. The van der Waals surface area contributed by atoms with Crippen LogP contribution in [0.25, 0.3) is 0 Å². The summed E-state index contributed by atoms with van der Waals surface area (Å²) < 4.78 is 16.0. The van der Waals surface area contributed by atoms with Crippen LogP contribution >= 0.6 is 11.9 Å². The van der Waals surface area contributed by atoms with Gasteiger partial charge >= 0.3 is 11.9 Å². The highest BCUT2D eigenvalue weighted by Gasteiger charge is 2.37. The molecule has 0 bridgehead atoms. The molecule has 7 heteroatoms. The number of ether oxygens (including phenoxy) is 2. The maximum absolute atomic E-state index is 12.9. The van der Waals surface area contributed by atoms with Crippen molar-refractivity contribution in [3.05, 3.63) is 0 Å². The summed E-state index contributed by atoms with van der Waals surface area (Å²) in [6.07, 6.45) is 44.1. The number of hydrogen-bond donors (Lipinski definition) is 1. The van der Waals surface area contributed by atoms with Crippen molar-refractivity contribution >= 4 is 23.9 Å². The smallest absolute Gasteiger partial charge is 0.306 e. The van der Waals surface area contributed by atoms with Gasteiger partial charge in [-0.3, -0.25) is 14.3 Å². The predicted molar refractivity (Wildman–Crippen MR) is 254 cm³/mol. The Bertz CT molecular complexity index is 899. The average Bonchev–Trinajstić information content (AvgIpc) is 3.96. The van der Waals surface area contributed by atoms with E-state index in [0.29, 0.717) is 17.6 Å². The summed E-state index contributed by atoms with van der Waals surface area (Å²) in [7, 11) is 0. The highest BCUT2D eigenvalue weighted by Crippen LogP contribution is 2.46. The third-order valence-electron chi connectivity index (χ3n) is 12.4. The normalized spacial score (nSPS) is 14.1. The number of esters is 2. The van der Waals surface area contributed by atoms with E-state index in [4.69, 9.17) is 9.47 Å². The summed E-state index contributed by atoms with van der Waals surface area (Å²) >= 11 is 1.95. The summed E-state index contributed by atoms with van der Waals surface area (Å²) in [5.41, 5.74) is 0. The van der Waals surface area contributed by atoms with Gasteiger partial charge in [0.05, 0.1) is 0 Å². The van der Waals surface area contributed by atoms with Crippen molar-refractivity contribution in [3.8, 4) is 0 Å². The molecule has 1 atom stereocenters. The van der Waals surface area contributed by atoms with Crippen LogP contribution in [0.3, 0.4) is 0 Å². The highest BCUT2D eigenvalue weighted by atomic mass is 32.2. The van der Waals surface area contributed by atoms with Crippen LogP contribution in [0, 0.1) is 0 Å². The van der Waals surface area contributed by atoms with Crippen LogP contribution in [0.15, 0.2) is 0 Å². The first-order chi connectivity index (χ1) is 28.4. The van der Waals surface area contributed by atoms with Gasteiger partial charge in [-0.2, -0.15) is 0 Å². The molecule has 0 spiro atoms. The maximum Gasteiger partial charge on any atom is 0.306 e. The summed E-state index contributed by atoms with van der Waals surface area (Å²) in [5, 5.41) is 0. The zero-order valence-electron chi connectivity index (χ0n) is 39.6. The van der Waals surface area contributed by atoms with Crippen molar-refractivity contribution in [1.29, 1.82) is 0 Å². The van der Waals surface area contributed by atoms with Crippen LogP contribution < -0.4 is 4.72 Å². The van der Waals surface area contributed by atoms with Crippen LogP contribution in [0.5, 0.6) is 0 Å². The quantitative estimate of drug-likeness (QED) is 0.0372. The third kappa shape index (κ3) is 35.9. The van der Waals surface area contributed by atoms with E-state index in [-0.39, 0.29) is 24.1 Å². The first-order valence-electron chi connectivity index (χ1n) is 25.9. The predicted octanol–water partition coefficient (Wildman–Crippen LogP) is 15.6. The van der Waals surface area contributed by atoms with Gasteiger partial charge < -0.3 is 14.4 Å². The van der Waals surface area contributed by atoms with Gasteiger partial charge in [-0.15, -0.1) is 0 Å². The van der Waals surface area contributed by atoms with Crippen LogP contribution in [0.2, 0.25) is 0 Å². The summed E-state index contributed by atoms with van der Waals surface area (Å²) in [5.74, 6) is 0.0529. The van der Waals surface area contributed by atoms with E-state index in [1.54, 1.807) is 0 Å². The van der Waals surface area contributed by atoms with Gasteiger partial charge in [0.2, 0.25) is 0 Å². The monoisotopic (exact) mass is 837 g/mol. The number of nitrogens with one attached hydrogen (secondary N) is 1. The molecule has 0 amide bonds. The molecule has 0 aromatic carbocycles. The Hall–Kier alpha value is -0.790. The van der Waals surface area contributed by atoms with E-state index in [9.17, 15) is 9.59 Å². The van der Waals surface area contributed by atoms with Gasteiger partial charge in [0, 0.05) is 24.1 Å². The molecule has 1 unspecified atom stereocenters. The van der Waals surface area contributed by atoms with Crippen LogP contribution in [-0.4, -0.2) is 60.0 Å². The Morgan fingerprint density at radius 3 is 1.29 bits per heavy atom. The average molecular weight is 837 g/mol. The summed E-state index contributed by atoms with van der Waals surface area (Å²) in [4.78, 5) is 28.0. The van der Waals surface area contributed by atoms with Gasteiger partial charge in [-0.1, -0.05) is 174 Å². The van der Waals surface area contributed by atoms with Gasteiger partial charge in [-0.05, 0) is 116 Å². The van der Waals surface area contributed by atoms with E-state index in [0.717, 1.165) is 64.5 Å². The Morgan fingerprint density at radius 1 is 0.500 bits per heavy atom. The molecule has 0 saturated heterocycles. The molecule has 6 nitrogen and oxygen atoms in total. The fraction of sp³-hybridized carbons (Fsp3) is 0.961. The van der Waals surface area contributed by atoms with Crippen LogP contribution in [0.1, 0.15) is 272 Å². The first kappa shape index (κ1) is 55.2. The highest BCUT2D eigenvalue weighted by molar-refractivity contribution is 7.99. The SMILES string of the molecule is CCCCCCCCC(CC)OC(=O)CCCCCCCN(CCCCCCCC(=O)OC(CCCCCCCC)CCCCCCCC)CCCNSC1(C)CC1. The Kier molecular flexibility index (Phi) is 38.4. The molecular weight excluding hydrogens is 737 g/mol. The molecule has 1 rings (SSSR count). The van der Waals surface area contributed by atoms with E-state index < -0.39 is 0 Å². The molecule has 0 heterocycles. The van der Waals surface area contributed by atoms with Crippen molar-refractivity contribution in [3.63, 3.8) is 0 Å². The topological polar surface area (TPSA) is 67.9 Å². The van der Waals surface area contributed by atoms with Gasteiger partial charge in [0.15, 0.2) is 0 Å². The van der Waals surface area contributed by atoms with Crippen molar-refractivity contribution in [1.82, 2.24) is 9.62 Å². The second kappa shape index (κ2) is 40.3. The van der Waals surface area contributed by atoms with Crippen molar-refractivity contribution < 1.29 is 19.1 Å².